The fraction of sp³-hybridized carbons (Fsp3) is 0. The van der Waals surface area contributed by atoms with Crippen LogP contribution in [0.2, 0.25) is 10.0 Å². The number of carbonyl (C=O) groups excluding carboxylic acids is 1. The molecule has 6 nitrogen and oxygen atoms in total. The molecule has 9 heteroatoms. The average Bonchev–Trinajstić information content (AvgIpc) is 3.41. The highest BCUT2D eigenvalue weighted by atomic mass is 35.5. The normalized spacial score (nSPS) is 17.1. The lowest BCUT2D eigenvalue weighted by molar-refractivity contribution is -0.114. The van der Waals surface area contributed by atoms with E-state index in [2.05, 4.69) is 10.1 Å². The van der Waals surface area contributed by atoms with Gasteiger partial charge < -0.3 is 4.42 Å². The molecule has 2 aliphatic rings. The minimum Gasteiger partial charge on any atom is -0.457 e. The molecule has 1 amide bonds. The van der Waals surface area contributed by atoms with Crippen molar-refractivity contribution in [1.82, 2.24) is 5.01 Å². The van der Waals surface area contributed by atoms with Crippen molar-refractivity contribution in [2.75, 3.05) is 0 Å². The number of rotatable bonds is 3. The number of fused-ring (bicyclic) bond motifs is 1. The van der Waals surface area contributed by atoms with Crippen molar-refractivity contribution < 1.29 is 9.21 Å². The Morgan fingerprint density at radius 2 is 1.87 bits per heavy atom. The number of thioether (sulfide) groups is 1. The van der Waals surface area contributed by atoms with Gasteiger partial charge in [-0.15, -0.1) is 0 Å². The molecule has 0 saturated carbocycles. The van der Waals surface area contributed by atoms with Crippen LogP contribution in [0.15, 0.2) is 80.7 Å². The van der Waals surface area contributed by atoms with Gasteiger partial charge in [-0.1, -0.05) is 53.5 Å². The van der Waals surface area contributed by atoms with Crippen molar-refractivity contribution in [3.05, 3.63) is 87.6 Å². The van der Waals surface area contributed by atoms with E-state index in [1.54, 1.807) is 30.3 Å². The number of hydrogen-bond donors (Lipinski definition) is 1. The Morgan fingerprint density at radius 1 is 1.06 bits per heavy atom. The molecule has 0 spiro atoms. The van der Waals surface area contributed by atoms with E-state index in [1.807, 2.05) is 30.3 Å². The van der Waals surface area contributed by atoms with Crippen LogP contribution < -0.4 is 0 Å². The third kappa shape index (κ3) is 3.72. The molecule has 0 atom stereocenters. The molecule has 0 aliphatic carbocycles. The number of halogens is 2. The van der Waals surface area contributed by atoms with E-state index < -0.39 is 5.91 Å². The van der Waals surface area contributed by atoms with Crippen LogP contribution in [0, 0.1) is 5.41 Å². The molecule has 0 bridgehead atoms. The van der Waals surface area contributed by atoms with E-state index in [1.165, 1.54) is 22.8 Å². The van der Waals surface area contributed by atoms with Crippen molar-refractivity contribution in [2.24, 2.45) is 10.1 Å². The Hall–Kier alpha value is -3.13. The van der Waals surface area contributed by atoms with E-state index >= 15 is 0 Å². The van der Waals surface area contributed by atoms with E-state index in [0.717, 1.165) is 5.56 Å². The average molecular weight is 467 g/mol. The number of benzene rings is 2. The summed E-state index contributed by atoms with van der Waals surface area (Å²) in [5.41, 5.74) is 1.61. The first-order valence-electron chi connectivity index (χ1n) is 9.10. The maximum absolute atomic E-state index is 12.6. The highest BCUT2D eigenvalue weighted by Crippen LogP contribution is 2.34. The van der Waals surface area contributed by atoms with Crippen LogP contribution >= 0.6 is 35.0 Å². The highest BCUT2D eigenvalue weighted by Gasteiger charge is 2.36. The Morgan fingerprint density at radius 3 is 2.68 bits per heavy atom. The predicted molar refractivity (Wildman–Crippen MR) is 125 cm³/mol. The van der Waals surface area contributed by atoms with Gasteiger partial charge in [0.2, 0.25) is 5.17 Å². The maximum atomic E-state index is 12.6. The Kier molecular flexibility index (Phi) is 5.02. The Bertz CT molecular complexity index is 1330. The van der Waals surface area contributed by atoms with Crippen LogP contribution in [-0.4, -0.2) is 27.0 Å². The molecule has 0 fully saturated rings. The topological polar surface area (TPSA) is 82.0 Å². The van der Waals surface area contributed by atoms with E-state index in [-0.39, 0.29) is 11.4 Å². The summed E-state index contributed by atoms with van der Waals surface area (Å²) >= 11 is 13.5. The molecular weight excluding hydrogens is 455 g/mol. The summed E-state index contributed by atoms with van der Waals surface area (Å²) < 4.78 is 5.83. The van der Waals surface area contributed by atoms with Crippen LogP contribution in [-0.2, 0) is 4.79 Å². The fourth-order valence-corrected chi connectivity index (χ4v) is 4.37. The summed E-state index contributed by atoms with van der Waals surface area (Å²) in [5, 5.41) is 16.4. The van der Waals surface area contributed by atoms with Gasteiger partial charge >= 0.3 is 0 Å². The molecular formula is C22H12Cl2N4O2S. The van der Waals surface area contributed by atoms with Crippen molar-refractivity contribution in [3.8, 4) is 11.3 Å². The monoisotopic (exact) mass is 466 g/mol. The molecule has 0 saturated heterocycles. The zero-order valence-corrected chi connectivity index (χ0v) is 18.0. The number of amidine groups is 2. The highest BCUT2D eigenvalue weighted by molar-refractivity contribution is 8.27. The minimum absolute atomic E-state index is 0.0628. The second kappa shape index (κ2) is 7.85. The van der Waals surface area contributed by atoms with Crippen molar-refractivity contribution in [3.63, 3.8) is 0 Å². The second-order valence-electron chi connectivity index (χ2n) is 6.62. The molecule has 3 heterocycles. The molecule has 31 heavy (non-hydrogen) atoms. The number of hydrazone groups is 1. The molecule has 0 radical (unpaired) electrons. The second-order valence-corrected chi connectivity index (χ2v) is 8.42. The number of furan rings is 1. The third-order valence-corrected chi connectivity index (χ3v) is 6.10. The number of nitrogens with one attached hydrogen (secondary N) is 1. The van der Waals surface area contributed by atoms with E-state index in [4.69, 9.17) is 33.0 Å². The minimum atomic E-state index is -0.521. The van der Waals surface area contributed by atoms with Gasteiger partial charge in [0.1, 0.15) is 16.6 Å². The number of hydrogen-bond acceptors (Lipinski definition) is 5. The first-order valence-corrected chi connectivity index (χ1v) is 10.7. The lowest BCUT2D eigenvalue weighted by Crippen LogP contribution is -2.35. The Balaban J connectivity index is 1.46. The summed E-state index contributed by atoms with van der Waals surface area (Å²) in [6.45, 7) is 0. The van der Waals surface area contributed by atoms with Gasteiger partial charge in [-0.05, 0) is 48.2 Å². The quantitative estimate of drug-likeness (QED) is 0.485. The van der Waals surface area contributed by atoms with Gasteiger partial charge in [0, 0.05) is 16.1 Å². The molecule has 1 N–H and O–H groups in total. The van der Waals surface area contributed by atoms with Crippen LogP contribution in [0.4, 0.5) is 0 Å². The fourth-order valence-electron chi connectivity index (χ4n) is 3.09. The van der Waals surface area contributed by atoms with E-state index in [9.17, 15) is 4.79 Å². The van der Waals surface area contributed by atoms with Gasteiger partial charge in [0.05, 0.1) is 10.6 Å². The van der Waals surface area contributed by atoms with Crippen LogP contribution in [0.25, 0.3) is 17.4 Å². The van der Waals surface area contributed by atoms with Crippen LogP contribution in [0.5, 0.6) is 0 Å². The van der Waals surface area contributed by atoms with Gasteiger partial charge in [0.25, 0.3) is 5.91 Å². The summed E-state index contributed by atoms with van der Waals surface area (Å²) in [6.07, 6.45) is 1.48. The molecule has 2 aliphatic heterocycles. The SMILES string of the molecule is N=C1C(=Cc2ccc(-c3cc(Cl)ccc3Cl)o2)C(=O)N=C2SC(c3ccccc3)=NN12. The summed E-state index contributed by atoms with van der Waals surface area (Å²) in [4.78, 5) is 16.7. The summed E-state index contributed by atoms with van der Waals surface area (Å²) in [6, 6.07) is 18.0. The lowest BCUT2D eigenvalue weighted by atomic mass is 10.1. The Labute approximate surface area is 191 Å². The van der Waals surface area contributed by atoms with Crippen molar-refractivity contribution in [1.29, 1.82) is 5.41 Å². The number of amides is 1. The first-order chi connectivity index (χ1) is 15.0. The third-order valence-electron chi connectivity index (χ3n) is 4.58. The number of aliphatic imine (C=N–C) groups is 1. The molecule has 2 aromatic carbocycles. The zero-order valence-electron chi connectivity index (χ0n) is 15.7. The van der Waals surface area contributed by atoms with Gasteiger partial charge in [-0.3, -0.25) is 10.2 Å². The van der Waals surface area contributed by atoms with Crippen LogP contribution in [0.1, 0.15) is 11.3 Å². The number of nitrogens with zero attached hydrogens (tertiary/aromatic N) is 3. The predicted octanol–water partition coefficient (Wildman–Crippen LogP) is 5.92. The summed E-state index contributed by atoms with van der Waals surface area (Å²) in [7, 11) is 0. The van der Waals surface area contributed by atoms with E-state index in [0.29, 0.717) is 37.3 Å². The maximum Gasteiger partial charge on any atom is 0.283 e. The van der Waals surface area contributed by atoms with Crippen molar-refractivity contribution >= 4 is 63.0 Å². The summed E-state index contributed by atoms with van der Waals surface area (Å²) in [5.74, 6) is 0.301. The van der Waals surface area contributed by atoms with Gasteiger partial charge in [-0.2, -0.15) is 15.1 Å². The molecule has 0 unspecified atom stereocenters. The smallest absolute Gasteiger partial charge is 0.283 e. The van der Waals surface area contributed by atoms with Crippen molar-refractivity contribution in [2.45, 2.75) is 0 Å². The largest absolute Gasteiger partial charge is 0.457 e. The first kappa shape index (κ1) is 19.8. The molecule has 5 rings (SSSR count). The lowest BCUT2D eigenvalue weighted by Gasteiger charge is -2.19. The zero-order chi connectivity index (χ0) is 21.5. The standard InChI is InChI=1S/C22H12Cl2N4O2S/c23-13-6-8-17(24)15(10-13)18-9-7-14(30-18)11-16-19(25)28-22(26-20(16)29)31-21(27-28)12-4-2-1-3-5-12/h1-11,25H. The molecule has 1 aromatic heterocycles. The van der Waals surface area contributed by atoms with Gasteiger partial charge in [-0.25, -0.2) is 0 Å². The van der Waals surface area contributed by atoms with Gasteiger partial charge in [0.15, 0.2) is 5.84 Å². The number of carbonyl (C=O) groups is 1. The molecule has 3 aromatic rings. The van der Waals surface area contributed by atoms with Crippen LogP contribution in [0.3, 0.4) is 0 Å². The molecule has 152 valence electrons.